The van der Waals surface area contributed by atoms with E-state index in [1.165, 1.54) is 0 Å². The molecule has 2 aromatic carbocycles. The smallest absolute Gasteiger partial charge is 0.325 e. The zero-order valence-electron chi connectivity index (χ0n) is 12.4. The van der Waals surface area contributed by atoms with E-state index in [1.54, 1.807) is 48.5 Å². The number of benzene rings is 2. The highest BCUT2D eigenvalue weighted by molar-refractivity contribution is 9.10. The van der Waals surface area contributed by atoms with Gasteiger partial charge in [0.1, 0.15) is 6.54 Å². The van der Waals surface area contributed by atoms with Crippen molar-refractivity contribution in [2.75, 3.05) is 13.2 Å². The maximum atomic E-state index is 11.8. The quantitative estimate of drug-likeness (QED) is 0.586. The summed E-state index contributed by atoms with van der Waals surface area (Å²) in [5, 5.41) is 2.94. The van der Waals surface area contributed by atoms with E-state index in [4.69, 9.17) is 16.3 Å². The van der Waals surface area contributed by atoms with Gasteiger partial charge in [-0.25, -0.2) is 0 Å². The summed E-state index contributed by atoms with van der Waals surface area (Å²) in [6.07, 6.45) is 0. The van der Waals surface area contributed by atoms with E-state index in [0.717, 1.165) is 4.47 Å². The molecular weight excluding hydrogens is 398 g/mol. The molecule has 0 aliphatic heterocycles. The zero-order chi connectivity index (χ0) is 17.5. The molecule has 1 amide bonds. The Morgan fingerprint density at radius 3 is 2.17 bits per heavy atom. The van der Waals surface area contributed by atoms with Crippen LogP contribution in [0.3, 0.4) is 0 Å². The zero-order valence-corrected chi connectivity index (χ0v) is 14.8. The number of amides is 1. The normalized spacial score (nSPS) is 10.1. The molecule has 0 heterocycles. The summed E-state index contributed by atoms with van der Waals surface area (Å²) < 4.78 is 5.70. The van der Waals surface area contributed by atoms with Gasteiger partial charge in [-0.2, -0.15) is 0 Å². The molecule has 0 bridgehead atoms. The van der Waals surface area contributed by atoms with E-state index >= 15 is 0 Å². The molecule has 0 saturated heterocycles. The highest BCUT2D eigenvalue weighted by atomic mass is 79.9. The highest BCUT2D eigenvalue weighted by Crippen LogP contribution is 2.11. The van der Waals surface area contributed by atoms with Crippen LogP contribution in [0.4, 0.5) is 0 Å². The number of hydrogen-bond donors (Lipinski definition) is 1. The van der Waals surface area contributed by atoms with Gasteiger partial charge >= 0.3 is 5.97 Å². The maximum absolute atomic E-state index is 11.8. The highest BCUT2D eigenvalue weighted by Gasteiger charge is 2.12. The largest absolute Gasteiger partial charge is 0.456 e. The summed E-state index contributed by atoms with van der Waals surface area (Å²) >= 11 is 9.00. The van der Waals surface area contributed by atoms with Gasteiger partial charge < -0.3 is 10.1 Å². The SMILES string of the molecule is O=C(CNC(=O)c1ccc(Br)cc1)OCC(=O)c1ccc(Cl)cc1. The second-order valence-electron chi connectivity index (χ2n) is 4.78. The van der Waals surface area contributed by atoms with Crippen LogP contribution in [0.15, 0.2) is 53.0 Å². The minimum Gasteiger partial charge on any atom is -0.456 e. The van der Waals surface area contributed by atoms with Gasteiger partial charge in [0.05, 0.1) is 0 Å². The molecule has 0 aromatic heterocycles. The number of hydrogen-bond acceptors (Lipinski definition) is 4. The third-order valence-electron chi connectivity index (χ3n) is 3.03. The van der Waals surface area contributed by atoms with Crippen LogP contribution in [0.5, 0.6) is 0 Å². The molecule has 1 N–H and O–H groups in total. The molecule has 0 radical (unpaired) electrons. The standard InChI is InChI=1S/C17H13BrClNO4/c18-13-5-1-12(2-6-13)17(23)20-9-16(22)24-10-15(21)11-3-7-14(19)8-4-11/h1-8H,9-10H2,(H,20,23). The second kappa shape index (κ2) is 8.61. The fraction of sp³-hybridized carbons (Fsp3) is 0.118. The van der Waals surface area contributed by atoms with Gasteiger partial charge in [-0.05, 0) is 48.5 Å². The van der Waals surface area contributed by atoms with Crippen LogP contribution < -0.4 is 5.32 Å². The van der Waals surface area contributed by atoms with Crippen LogP contribution in [0.1, 0.15) is 20.7 Å². The number of carbonyl (C=O) groups is 3. The lowest BCUT2D eigenvalue weighted by molar-refractivity contribution is -0.141. The fourth-order valence-electron chi connectivity index (χ4n) is 1.77. The van der Waals surface area contributed by atoms with Gasteiger partial charge in [-0.1, -0.05) is 27.5 Å². The average molecular weight is 411 g/mol. The number of ketones is 1. The van der Waals surface area contributed by atoms with Gasteiger partial charge in [0.2, 0.25) is 0 Å². The van der Waals surface area contributed by atoms with Crippen molar-refractivity contribution in [2.45, 2.75) is 0 Å². The first kappa shape index (κ1) is 18.2. The van der Waals surface area contributed by atoms with Crippen molar-refractivity contribution in [1.29, 1.82) is 0 Å². The van der Waals surface area contributed by atoms with Crippen LogP contribution in [-0.2, 0) is 9.53 Å². The lowest BCUT2D eigenvalue weighted by atomic mass is 10.1. The van der Waals surface area contributed by atoms with E-state index in [0.29, 0.717) is 16.1 Å². The molecule has 0 saturated carbocycles. The molecule has 0 unspecified atom stereocenters. The first-order valence-electron chi connectivity index (χ1n) is 6.94. The molecule has 0 spiro atoms. The average Bonchev–Trinajstić information content (AvgIpc) is 2.58. The molecule has 124 valence electrons. The predicted octanol–water partition coefficient (Wildman–Crippen LogP) is 3.26. The minimum atomic E-state index is -0.692. The second-order valence-corrected chi connectivity index (χ2v) is 6.13. The Morgan fingerprint density at radius 2 is 1.54 bits per heavy atom. The predicted molar refractivity (Wildman–Crippen MR) is 93.2 cm³/mol. The van der Waals surface area contributed by atoms with Crippen molar-refractivity contribution in [3.63, 3.8) is 0 Å². The van der Waals surface area contributed by atoms with Crippen molar-refractivity contribution in [3.8, 4) is 0 Å². The van der Waals surface area contributed by atoms with Crippen LogP contribution in [0.25, 0.3) is 0 Å². The van der Waals surface area contributed by atoms with Crippen molar-refractivity contribution in [2.24, 2.45) is 0 Å². The Bertz CT molecular complexity index is 681. The summed E-state index contributed by atoms with van der Waals surface area (Å²) in [4.78, 5) is 35.3. The van der Waals surface area contributed by atoms with Gasteiger partial charge in [0.25, 0.3) is 5.91 Å². The number of carbonyl (C=O) groups excluding carboxylic acids is 3. The van der Waals surface area contributed by atoms with Gasteiger partial charge in [-0.15, -0.1) is 0 Å². The van der Waals surface area contributed by atoms with Gasteiger partial charge in [-0.3, -0.25) is 14.4 Å². The Hall–Kier alpha value is -2.18. The summed E-state index contributed by atoms with van der Waals surface area (Å²) in [5.41, 5.74) is 0.814. The van der Waals surface area contributed by atoms with Crippen molar-refractivity contribution in [1.82, 2.24) is 5.32 Å². The van der Waals surface area contributed by atoms with E-state index in [-0.39, 0.29) is 12.3 Å². The molecule has 0 atom stereocenters. The lowest BCUT2D eigenvalue weighted by Gasteiger charge is -2.06. The van der Waals surface area contributed by atoms with Crippen molar-refractivity contribution >= 4 is 45.2 Å². The van der Waals surface area contributed by atoms with E-state index in [1.807, 2.05) is 0 Å². The molecule has 0 fully saturated rings. The van der Waals surface area contributed by atoms with Crippen LogP contribution in [-0.4, -0.2) is 30.8 Å². The summed E-state index contributed by atoms with van der Waals surface area (Å²) in [7, 11) is 0. The van der Waals surface area contributed by atoms with E-state index in [9.17, 15) is 14.4 Å². The third-order valence-corrected chi connectivity index (χ3v) is 3.81. The monoisotopic (exact) mass is 409 g/mol. The molecule has 2 rings (SSSR count). The molecule has 0 aliphatic carbocycles. The van der Waals surface area contributed by atoms with Crippen LogP contribution >= 0.6 is 27.5 Å². The van der Waals surface area contributed by atoms with Gasteiger partial charge in [0.15, 0.2) is 12.4 Å². The van der Waals surface area contributed by atoms with Crippen molar-refractivity contribution < 1.29 is 19.1 Å². The van der Waals surface area contributed by atoms with E-state index < -0.39 is 18.5 Å². The molecule has 5 nitrogen and oxygen atoms in total. The number of halogens is 2. The van der Waals surface area contributed by atoms with Gasteiger partial charge in [0, 0.05) is 20.6 Å². The van der Waals surface area contributed by atoms with Crippen LogP contribution in [0.2, 0.25) is 5.02 Å². The number of nitrogens with one attached hydrogen (secondary N) is 1. The maximum Gasteiger partial charge on any atom is 0.325 e. The topological polar surface area (TPSA) is 72.5 Å². The molecule has 2 aromatic rings. The molecular formula is C17H13BrClNO4. The Kier molecular flexibility index (Phi) is 6.52. The third kappa shape index (κ3) is 5.47. The van der Waals surface area contributed by atoms with E-state index in [2.05, 4.69) is 21.2 Å². The number of rotatable bonds is 6. The minimum absolute atomic E-state index is 0.317. The van der Waals surface area contributed by atoms with Crippen molar-refractivity contribution in [3.05, 3.63) is 69.2 Å². The Morgan fingerprint density at radius 1 is 0.958 bits per heavy atom. The molecule has 7 heteroatoms. The number of esters is 1. The summed E-state index contributed by atoms with van der Waals surface area (Å²) in [5.74, 6) is -1.44. The fourth-order valence-corrected chi connectivity index (χ4v) is 2.16. The first-order valence-corrected chi connectivity index (χ1v) is 8.11. The summed E-state index contributed by atoms with van der Waals surface area (Å²) in [6.45, 7) is -0.711. The number of ether oxygens (including phenoxy) is 1. The molecule has 0 aliphatic rings. The summed E-state index contributed by atoms with van der Waals surface area (Å²) in [6, 6.07) is 12.9. The number of Topliss-reactive ketones (excluding diaryl/α,β-unsaturated/α-hetero) is 1. The Labute approximate surface area is 152 Å². The lowest BCUT2D eigenvalue weighted by Crippen LogP contribution is -2.31. The van der Waals surface area contributed by atoms with Crippen LogP contribution in [0, 0.1) is 0 Å². The Balaban J connectivity index is 1.77. The first-order chi connectivity index (χ1) is 11.5. The molecule has 24 heavy (non-hydrogen) atoms.